The van der Waals surface area contributed by atoms with E-state index in [1.165, 1.54) is 0 Å². The number of aromatic nitrogens is 3. The molecule has 9 nitrogen and oxygen atoms in total. The fourth-order valence-electron chi connectivity index (χ4n) is 3.35. The van der Waals surface area contributed by atoms with Gasteiger partial charge < -0.3 is 29.8 Å². The molecule has 0 spiro atoms. The number of amides is 1. The number of carbonyl (C=O) groups excluding carboxylic acids is 1. The van der Waals surface area contributed by atoms with E-state index in [2.05, 4.69) is 20.3 Å². The summed E-state index contributed by atoms with van der Waals surface area (Å²) >= 11 is 0. The Morgan fingerprint density at radius 3 is 2.64 bits per heavy atom. The highest BCUT2D eigenvalue weighted by molar-refractivity contribution is 5.99. The zero-order chi connectivity index (χ0) is 23.4. The summed E-state index contributed by atoms with van der Waals surface area (Å²) in [5, 5.41) is 12.0. The molecule has 2 aliphatic rings. The Kier molecular flexibility index (Phi) is 7.10. The third-order valence-corrected chi connectivity index (χ3v) is 5.44. The second-order valence-electron chi connectivity index (χ2n) is 8.60. The Hall–Kier alpha value is -3.17. The van der Waals surface area contributed by atoms with Gasteiger partial charge in [0, 0.05) is 35.8 Å². The first-order valence-corrected chi connectivity index (χ1v) is 11.2. The molecule has 0 saturated heterocycles. The Balaban J connectivity index is 0.000000385. The molecular weight excluding hydrogens is 422 g/mol. The van der Waals surface area contributed by atoms with Crippen molar-refractivity contribution in [3.63, 3.8) is 0 Å². The van der Waals surface area contributed by atoms with Gasteiger partial charge in [0.25, 0.3) is 0 Å². The summed E-state index contributed by atoms with van der Waals surface area (Å²) in [5.74, 6) is 2.02. The second kappa shape index (κ2) is 10.2. The number of aromatic amines is 1. The average molecular weight is 454 g/mol. The lowest BCUT2D eigenvalue weighted by Crippen LogP contribution is -2.15. The van der Waals surface area contributed by atoms with E-state index in [4.69, 9.17) is 14.6 Å². The van der Waals surface area contributed by atoms with Crippen molar-refractivity contribution in [1.29, 1.82) is 0 Å². The first-order chi connectivity index (χ1) is 16.0. The molecule has 3 heterocycles. The third kappa shape index (κ3) is 5.80. The van der Waals surface area contributed by atoms with E-state index in [-0.39, 0.29) is 24.5 Å². The summed E-state index contributed by atoms with van der Waals surface area (Å²) in [4.78, 5) is 26.0. The first-order valence-electron chi connectivity index (χ1n) is 11.2. The zero-order valence-electron chi connectivity index (χ0n) is 19.3. The Labute approximate surface area is 193 Å². The number of methoxy groups -OCH3 is 1. The number of anilines is 1. The van der Waals surface area contributed by atoms with E-state index in [0.29, 0.717) is 17.3 Å². The Bertz CT molecular complexity index is 1110. The van der Waals surface area contributed by atoms with Crippen molar-refractivity contribution >= 4 is 22.8 Å². The minimum absolute atomic E-state index is 0.0441. The normalized spacial score (nSPS) is 15.2. The van der Waals surface area contributed by atoms with Crippen LogP contribution in [0.1, 0.15) is 25.7 Å². The summed E-state index contributed by atoms with van der Waals surface area (Å²) in [6.07, 6.45) is 7.91. The largest absolute Gasteiger partial charge is 0.490 e. The minimum atomic E-state index is 0.0441. The highest BCUT2D eigenvalue weighted by Gasteiger charge is 2.30. The molecule has 1 amide bonds. The molecule has 33 heavy (non-hydrogen) atoms. The van der Waals surface area contributed by atoms with E-state index < -0.39 is 0 Å². The van der Waals surface area contributed by atoms with Crippen LogP contribution >= 0.6 is 0 Å². The predicted octanol–water partition coefficient (Wildman–Crippen LogP) is 3.06. The molecule has 0 aliphatic heterocycles. The highest BCUT2D eigenvalue weighted by Crippen LogP contribution is 2.42. The van der Waals surface area contributed by atoms with Crippen molar-refractivity contribution in [2.24, 2.45) is 5.92 Å². The van der Waals surface area contributed by atoms with E-state index in [1.54, 1.807) is 13.3 Å². The molecule has 9 heteroatoms. The number of ether oxygens (including phenoxy) is 2. The molecule has 2 aliphatic carbocycles. The van der Waals surface area contributed by atoms with E-state index >= 15 is 0 Å². The number of carbonyl (C=O) groups is 1. The molecular formula is C24H31N5O4. The third-order valence-electron chi connectivity index (χ3n) is 5.44. The van der Waals surface area contributed by atoms with E-state index in [0.717, 1.165) is 54.5 Å². The van der Waals surface area contributed by atoms with Gasteiger partial charge >= 0.3 is 0 Å². The molecule has 0 atom stereocenters. The van der Waals surface area contributed by atoms with Crippen LogP contribution in [0, 0.1) is 5.92 Å². The molecule has 0 unspecified atom stereocenters. The number of nitrogens with zero attached hydrogens (tertiary/aromatic N) is 3. The molecule has 176 valence electrons. The average Bonchev–Trinajstić information content (AvgIpc) is 3.72. The maximum atomic E-state index is 12.0. The fourth-order valence-corrected chi connectivity index (χ4v) is 3.35. The number of rotatable bonds is 8. The number of H-pyrrole nitrogens is 1. The van der Waals surface area contributed by atoms with Gasteiger partial charge in [-0.15, -0.1) is 0 Å². The summed E-state index contributed by atoms with van der Waals surface area (Å²) in [6, 6.07) is 5.64. The van der Waals surface area contributed by atoms with Gasteiger partial charge in [-0.3, -0.25) is 4.79 Å². The Morgan fingerprint density at radius 1 is 1.24 bits per heavy atom. The predicted molar refractivity (Wildman–Crippen MR) is 127 cm³/mol. The summed E-state index contributed by atoms with van der Waals surface area (Å²) < 4.78 is 11.6. The quantitative estimate of drug-likeness (QED) is 0.480. The van der Waals surface area contributed by atoms with Crippen molar-refractivity contribution in [2.75, 3.05) is 39.7 Å². The van der Waals surface area contributed by atoms with Crippen LogP contribution in [-0.4, -0.2) is 71.3 Å². The second-order valence-corrected chi connectivity index (χ2v) is 8.60. The number of hydrogen-bond donors (Lipinski definition) is 3. The monoisotopic (exact) mass is 453 g/mol. The lowest BCUT2D eigenvalue weighted by Gasteiger charge is -2.13. The van der Waals surface area contributed by atoms with Gasteiger partial charge in [-0.2, -0.15) is 0 Å². The van der Waals surface area contributed by atoms with Gasteiger partial charge in [0.15, 0.2) is 0 Å². The van der Waals surface area contributed by atoms with Gasteiger partial charge in [-0.05, 0) is 58.0 Å². The summed E-state index contributed by atoms with van der Waals surface area (Å²) in [7, 11) is 5.46. The molecule has 3 aromatic heterocycles. The molecule has 0 aromatic carbocycles. The number of aliphatic hydroxyl groups is 1. The van der Waals surface area contributed by atoms with Crippen molar-refractivity contribution in [2.45, 2.75) is 31.8 Å². The highest BCUT2D eigenvalue weighted by atomic mass is 16.5. The number of fused-ring (bicyclic) bond motifs is 1. The number of hydrogen-bond acceptors (Lipinski definition) is 7. The lowest BCUT2D eigenvalue weighted by atomic mass is 10.1. The van der Waals surface area contributed by atoms with Gasteiger partial charge in [-0.25, -0.2) is 9.97 Å². The first kappa shape index (κ1) is 23.0. The van der Waals surface area contributed by atoms with Crippen LogP contribution in [0.3, 0.4) is 0 Å². The lowest BCUT2D eigenvalue weighted by molar-refractivity contribution is -0.117. The zero-order valence-corrected chi connectivity index (χ0v) is 19.3. The van der Waals surface area contributed by atoms with Crippen LogP contribution in [0.4, 0.5) is 5.82 Å². The number of pyridine rings is 2. The van der Waals surface area contributed by atoms with Gasteiger partial charge in [0.05, 0.1) is 25.4 Å². The minimum Gasteiger partial charge on any atom is -0.490 e. The van der Waals surface area contributed by atoms with Crippen molar-refractivity contribution < 1.29 is 19.4 Å². The fraction of sp³-hybridized carbons (Fsp3) is 0.458. The molecule has 2 fully saturated rings. The molecule has 3 aromatic rings. The van der Waals surface area contributed by atoms with Gasteiger partial charge in [-0.1, -0.05) is 0 Å². The van der Waals surface area contributed by atoms with E-state index in [1.807, 2.05) is 43.4 Å². The van der Waals surface area contributed by atoms with Crippen LogP contribution in [0.25, 0.3) is 22.2 Å². The molecule has 3 N–H and O–H groups in total. The maximum absolute atomic E-state index is 12.0. The van der Waals surface area contributed by atoms with Crippen LogP contribution < -0.4 is 14.8 Å². The Morgan fingerprint density at radius 2 is 2.03 bits per heavy atom. The molecule has 0 bridgehead atoms. The van der Waals surface area contributed by atoms with Crippen molar-refractivity contribution in [3.8, 4) is 22.8 Å². The smallest absolute Gasteiger partial charge is 0.228 e. The number of nitrogens with one attached hydrogen (secondary N) is 2. The SMILES string of the molecule is CN(C)CCO.COc1nccc(OC2CC2)c1-c1c[nH]c2nc(NC(=O)C3CC3)ccc12. The van der Waals surface area contributed by atoms with Crippen LogP contribution in [0.5, 0.6) is 11.6 Å². The van der Waals surface area contributed by atoms with Gasteiger partial charge in [0.2, 0.25) is 11.8 Å². The van der Waals surface area contributed by atoms with Crippen LogP contribution in [0.2, 0.25) is 0 Å². The standard InChI is InChI=1S/C20H20N4O3.C4H11NO/c1-26-20-17(15(8-9-21-20)27-12-4-5-12)14-10-22-18-13(14)6-7-16(23-18)24-19(25)11-2-3-11;1-5(2)3-4-6/h6-12H,2-5H2,1H3,(H2,22,23,24,25);6H,3-4H2,1-2H3. The maximum Gasteiger partial charge on any atom is 0.228 e. The van der Waals surface area contributed by atoms with E-state index in [9.17, 15) is 4.79 Å². The van der Waals surface area contributed by atoms with Crippen molar-refractivity contribution in [1.82, 2.24) is 19.9 Å². The summed E-state index contributed by atoms with van der Waals surface area (Å²) in [5.41, 5.74) is 2.43. The molecule has 0 radical (unpaired) electrons. The van der Waals surface area contributed by atoms with Crippen LogP contribution in [-0.2, 0) is 4.79 Å². The number of aliphatic hydroxyl groups excluding tert-OH is 1. The summed E-state index contributed by atoms with van der Waals surface area (Å²) in [6.45, 7) is 1.02. The van der Waals surface area contributed by atoms with Gasteiger partial charge in [0.1, 0.15) is 17.2 Å². The van der Waals surface area contributed by atoms with Crippen molar-refractivity contribution in [3.05, 3.63) is 30.6 Å². The topological polar surface area (TPSA) is 113 Å². The van der Waals surface area contributed by atoms with Crippen LogP contribution in [0.15, 0.2) is 30.6 Å². The molecule has 5 rings (SSSR count). The molecule has 2 saturated carbocycles. The number of likely N-dealkylation sites (N-methyl/N-ethyl adjacent to an activating group) is 1.